The molecule has 0 saturated carbocycles. The molecular formula is C35H39MoN5P2+4. The van der Waals surface area contributed by atoms with E-state index in [0.29, 0.717) is 0 Å². The van der Waals surface area contributed by atoms with E-state index in [2.05, 4.69) is 146 Å². The van der Waals surface area contributed by atoms with Crippen LogP contribution in [-0.4, -0.2) is 41.1 Å². The molecule has 4 aromatic carbocycles. The number of hydrogen-bond acceptors (Lipinski definition) is 0. The van der Waals surface area contributed by atoms with Crippen LogP contribution in [0.1, 0.15) is 0 Å². The zero-order valence-electron chi connectivity index (χ0n) is 25.4. The smallest absolute Gasteiger partial charge is 0.320 e. The van der Waals surface area contributed by atoms with Crippen LogP contribution in [0.5, 0.6) is 0 Å². The van der Waals surface area contributed by atoms with Gasteiger partial charge in [-0.2, -0.15) is 0 Å². The molecule has 0 aliphatic rings. The van der Waals surface area contributed by atoms with E-state index < -0.39 is 15.8 Å². The molecule has 216 valence electrons. The summed E-state index contributed by atoms with van der Waals surface area (Å²) in [6, 6.07) is 44.5. The SMILES string of the molecule is [C-]#[N+]C.[C-]#[N+]C.[C-]#[N+]C.[C-]#[N+]C.[C-]#[N+]C.[Mo+2].c1ccc([PH+](C[PH+](c2ccccc2)c2ccccc2)c2ccccc2)cc1. The fourth-order valence-corrected chi connectivity index (χ4v) is 11.2. The van der Waals surface area contributed by atoms with Crippen molar-refractivity contribution in [2.45, 2.75) is 0 Å². The van der Waals surface area contributed by atoms with Gasteiger partial charge in [0.25, 0.3) is 0 Å². The van der Waals surface area contributed by atoms with Gasteiger partial charge in [0, 0.05) is 0 Å². The van der Waals surface area contributed by atoms with Gasteiger partial charge in [0.1, 0.15) is 37.1 Å². The molecule has 0 N–H and O–H groups in total. The van der Waals surface area contributed by atoms with E-state index >= 15 is 0 Å². The number of rotatable bonds is 6. The largest absolute Gasteiger partial charge is 2.00 e. The molecule has 0 heterocycles. The van der Waals surface area contributed by atoms with Crippen LogP contribution in [0.25, 0.3) is 24.2 Å². The molecule has 0 spiro atoms. The summed E-state index contributed by atoms with van der Waals surface area (Å²) in [7, 11) is 5.39. The summed E-state index contributed by atoms with van der Waals surface area (Å²) >= 11 is 0. The topological polar surface area (TPSA) is 21.8 Å². The molecule has 0 fully saturated rings. The first-order valence-electron chi connectivity index (χ1n) is 12.7. The van der Waals surface area contributed by atoms with Crippen LogP contribution in [0.3, 0.4) is 0 Å². The zero-order chi connectivity index (χ0) is 31.8. The maximum Gasteiger partial charge on any atom is 2.00 e. The summed E-state index contributed by atoms with van der Waals surface area (Å²) < 4.78 is 0. The normalized spacial score (nSPS) is 7.86. The van der Waals surface area contributed by atoms with Crippen LogP contribution in [0.4, 0.5) is 0 Å². The van der Waals surface area contributed by atoms with E-state index in [1.165, 1.54) is 62.4 Å². The summed E-state index contributed by atoms with van der Waals surface area (Å²) in [5.41, 5.74) is 0. The molecule has 0 amide bonds. The van der Waals surface area contributed by atoms with E-state index in [1.807, 2.05) is 0 Å². The average Bonchev–Trinajstić information content (AvgIpc) is 3.02. The van der Waals surface area contributed by atoms with Crippen molar-refractivity contribution in [2.75, 3.05) is 41.1 Å². The predicted molar refractivity (Wildman–Crippen MR) is 188 cm³/mol. The van der Waals surface area contributed by atoms with Gasteiger partial charge in [-0.15, -0.1) is 0 Å². The standard InChI is InChI=1S/C25H22P2.5C2H3N.Mo/c1-5-13-22(14-6-1)26(23-15-7-2-8-16-23)21-27(24-17-9-3-10-18-24)25-19-11-4-12-20-25;5*1-3-2;/h1-20H,21H2;5*1H3;/q;;;;;;+2/p+2. The molecule has 4 rings (SSSR count). The van der Waals surface area contributed by atoms with E-state index in [-0.39, 0.29) is 21.1 Å². The minimum Gasteiger partial charge on any atom is -0.320 e. The Bertz CT molecular complexity index is 1170. The summed E-state index contributed by atoms with van der Waals surface area (Å²) in [4.78, 5) is 13.8. The average molecular weight is 688 g/mol. The van der Waals surface area contributed by atoms with Gasteiger partial charge in [0.2, 0.25) is 35.2 Å². The maximum atomic E-state index is 5.83. The quantitative estimate of drug-likeness (QED) is 0.115. The van der Waals surface area contributed by atoms with E-state index in [0.717, 1.165) is 0 Å². The van der Waals surface area contributed by atoms with Crippen LogP contribution in [-0.2, 0) is 21.1 Å². The fourth-order valence-electron chi connectivity index (χ4n) is 3.48. The van der Waals surface area contributed by atoms with Crippen molar-refractivity contribution in [1.29, 1.82) is 0 Å². The Labute approximate surface area is 276 Å². The molecule has 0 radical (unpaired) electrons. The van der Waals surface area contributed by atoms with Crippen LogP contribution in [0.15, 0.2) is 121 Å². The summed E-state index contributed by atoms with van der Waals surface area (Å²) in [5.74, 6) is 1.25. The summed E-state index contributed by atoms with van der Waals surface area (Å²) in [5, 5.41) is 6.01. The molecule has 0 bridgehead atoms. The molecule has 0 aliphatic heterocycles. The molecule has 8 heteroatoms. The molecule has 0 aromatic heterocycles. The fraction of sp³-hybridized carbons (Fsp3) is 0.171. The van der Waals surface area contributed by atoms with E-state index in [9.17, 15) is 0 Å². The van der Waals surface area contributed by atoms with Gasteiger partial charge in [-0.05, 0) is 48.5 Å². The van der Waals surface area contributed by atoms with Crippen molar-refractivity contribution in [3.63, 3.8) is 0 Å². The molecule has 0 saturated heterocycles. The predicted octanol–water partition coefficient (Wildman–Crippen LogP) is 7.35. The first-order valence-corrected chi connectivity index (χ1v) is 16.1. The third-order valence-corrected chi connectivity index (χ3v) is 11.8. The number of nitrogens with zero attached hydrogens (tertiary/aromatic N) is 5. The van der Waals surface area contributed by atoms with Crippen molar-refractivity contribution in [3.05, 3.63) is 178 Å². The van der Waals surface area contributed by atoms with Crippen molar-refractivity contribution in [2.24, 2.45) is 0 Å². The Morgan fingerprint density at radius 1 is 0.372 bits per heavy atom. The Hall–Kier alpha value is -4.12. The third kappa shape index (κ3) is 21.3. The molecule has 0 aliphatic carbocycles. The van der Waals surface area contributed by atoms with Crippen LogP contribution >= 0.6 is 15.8 Å². The van der Waals surface area contributed by atoms with Crippen LogP contribution in [0.2, 0.25) is 0 Å². The Kier molecular flexibility index (Phi) is 32.6. The molecule has 0 unspecified atom stereocenters. The van der Waals surface area contributed by atoms with Crippen LogP contribution < -0.4 is 21.2 Å². The van der Waals surface area contributed by atoms with Crippen molar-refractivity contribution >= 4 is 37.1 Å². The molecule has 43 heavy (non-hydrogen) atoms. The monoisotopic (exact) mass is 689 g/mol. The van der Waals surface area contributed by atoms with E-state index in [1.54, 1.807) is 0 Å². The van der Waals surface area contributed by atoms with Gasteiger partial charge in [-0.1, -0.05) is 72.8 Å². The first kappa shape index (κ1) is 43.3. The third-order valence-electron chi connectivity index (χ3n) is 4.84. The Morgan fingerprint density at radius 2 is 0.512 bits per heavy atom. The summed E-state index contributed by atoms with van der Waals surface area (Å²) in [6.45, 7) is 29.2. The molecular weight excluding hydrogens is 648 g/mol. The summed E-state index contributed by atoms with van der Waals surface area (Å²) in [6.07, 6.45) is 0. The second-order valence-corrected chi connectivity index (χ2v) is 13.4. The maximum absolute atomic E-state index is 5.83. The zero-order valence-corrected chi connectivity index (χ0v) is 29.4. The Balaban J connectivity index is -0.000000850. The van der Waals surface area contributed by atoms with Gasteiger partial charge >= 0.3 is 21.1 Å². The van der Waals surface area contributed by atoms with Gasteiger partial charge in [-0.25, -0.2) is 32.9 Å². The molecule has 4 aromatic rings. The van der Waals surface area contributed by atoms with Crippen molar-refractivity contribution in [1.82, 2.24) is 0 Å². The number of hydrogen-bond donors (Lipinski definition) is 0. The van der Waals surface area contributed by atoms with Crippen molar-refractivity contribution < 1.29 is 21.1 Å². The molecule has 5 nitrogen and oxygen atoms in total. The molecule has 0 atom stereocenters. The van der Waals surface area contributed by atoms with E-state index in [4.69, 9.17) is 32.9 Å². The first-order chi connectivity index (χ1) is 20.5. The Morgan fingerprint density at radius 3 is 0.651 bits per heavy atom. The van der Waals surface area contributed by atoms with Gasteiger partial charge in [-0.3, -0.25) is 0 Å². The minimum atomic E-state index is -0.847. The second kappa shape index (κ2) is 32.4. The van der Waals surface area contributed by atoms with Gasteiger partial charge < -0.3 is 24.2 Å². The number of benzene rings is 4. The second-order valence-electron chi connectivity index (χ2n) is 7.72. The minimum absolute atomic E-state index is 0. The van der Waals surface area contributed by atoms with Crippen LogP contribution in [0, 0.1) is 32.9 Å². The van der Waals surface area contributed by atoms with Gasteiger partial charge in [0.05, 0.1) is 0 Å². The van der Waals surface area contributed by atoms with Gasteiger partial charge in [0.15, 0.2) is 5.90 Å². The van der Waals surface area contributed by atoms with Crippen molar-refractivity contribution in [3.8, 4) is 0 Å².